The molecule has 1 atom stereocenters. The normalized spacial score (nSPS) is 11.9. The van der Waals surface area contributed by atoms with Crippen molar-refractivity contribution in [3.05, 3.63) is 29.8 Å². The first-order chi connectivity index (χ1) is 8.65. The van der Waals surface area contributed by atoms with E-state index in [0.717, 1.165) is 12.8 Å². The van der Waals surface area contributed by atoms with Gasteiger partial charge in [-0.3, -0.25) is 4.79 Å². The van der Waals surface area contributed by atoms with Crippen molar-refractivity contribution in [1.29, 1.82) is 0 Å². The van der Waals surface area contributed by atoms with Gasteiger partial charge in [0.05, 0.1) is 12.2 Å². The van der Waals surface area contributed by atoms with E-state index in [4.69, 9.17) is 10.5 Å². The van der Waals surface area contributed by atoms with Crippen LogP contribution in [0, 0.1) is 0 Å². The minimum atomic E-state index is -0.0938. The number of hydrogen-bond acceptors (Lipinski definition) is 3. The molecular weight excluding hydrogens is 228 g/mol. The molecule has 0 saturated carbocycles. The maximum absolute atomic E-state index is 12.0. The van der Waals surface area contributed by atoms with Gasteiger partial charge in [-0.25, -0.2) is 0 Å². The summed E-state index contributed by atoms with van der Waals surface area (Å²) in [7, 11) is 0. The Morgan fingerprint density at radius 1 is 1.44 bits per heavy atom. The summed E-state index contributed by atoms with van der Waals surface area (Å²) in [6, 6.07) is 7.45. The van der Waals surface area contributed by atoms with E-state index in [9.17, 15) is 4.79 Å². The third-order valence-corrected chi connectivity index (χ3v) is 2.55. The van der Waals surface area contributed by atoms with Gasteiger partial charge < -0.3 is 15.8 Å². The van der Waals surface area contributed by atoms with Crippen LogP contribution in [0.4, 0.5) is 0 Å². The first-order valence-corrected chi connectivity index (χ1v) is 6.40. The van der Waals surface area contributed by atoms with Gasteiger partial charge in [-0.05, 0) is 38.8 Å². The summed E-state index contributed by atoms with van der Waals surface area (Å²) >= 11 is 0. The molecule has 0 aromatic heterocycles. The fourth-order valence-electron chi connectivity index (χ4n) is 1.66. The number of rotatable bonds is 7. The summed E-state index contributed by atoms with van der Waals surface area (Å²) in [6.45, 7) is 5.05. The average molecular weight is 250 g/mol. The number of nitrogens with one attached hydrogen (secondary N) is 1. The third-order valence-electron chi connectivity index (χ3n) is 2.55. The van der Waals surface area contributed by atoms with Crippen molar-refractivity contribution in [3.8, 4) is 5.75 Å². The Kier molecular flexibility index (Phi) is 6.22. The molecule has 0 aliphatic carbocycles. The summed E-state index contributed by atoms with van der Waals surface area (Å²) in [4.78, 5) is 12.0. The minimum absolute atomic E-state index is 0.0938. The number of carbonyl (C=O) groups is 1. The van der Waals surface area contributed by atoms with Crippen LogP contribution in [0.2, 0.25) is 0 Å². The van der Waals surface area contributed by atoms with Crippen LogP contribution in [0.15, 0.2) is 24.3 Å². The lowest BCUT2D eigenvalue weighted by Gasteiger charge is -2.10. The van der Waals surface area contributed by atoms with Gasteiger partial charge in [0, 0.05) is 12.6 Å². The number of amides is 1. The maximum Gasteiger partial charge on any atom is 0.255 e. The maximum atomic E-state index is 12.0. The summed E-state index contributed by atoms with van der Waals surface area (Å²) in [5, 5.41) is 2.88. The number of ether oxygens (including phenoxy) is 1. The van der Waals surface area contributed by atoms with Gasteiger partial charge in [0.25, 0.3) is 5.91 Å². The molecular formula is C14H22N2O2. The molecule has 4 heteroatoms. The number of carbonyl (C=O) groups excluding carboxylic acids is 1. The van der Waals surface area contributed by atoms with Gasteiger partial charge in [0.15, 0.2) is 0 Å². The molecule has 4 nitrogen and oxygen atoms in total. The van der Waals surface area contributed by atoms with Crippen molar-refractivity contribution in [2.24, 2.45) is 5.73 Å². The average Bonchev–Trinajstić information content (AvgIpc) is 2.35. The fourth-order valence-corrected chi connectivity index (χ4v) is 1.66. The molecule has 0 heterocycles. The molecule has 0 aliphatic heterocycles. The number of nitrogens with two attached hydrogens (primary N) is 1. The molecule has 0 spiro atoms. The van der Waals surface area contributed by atoms with Crippen molar-refractivity contribution in [2.75, 3.05) is 13.2 Å². The zero-order valence-electron chi connectivity index (χ0n) is 11.1. The van der Waals surface area contributed by atoms with E-state index in [1.165, 1.54) is 0 Å². The van der Waals surface area contributed by atoms with E-state index >= 15 is 0 Å². The second kappa shape index (κ2) is 7.71. The van der Waals surface area contributed by atoms with Gasteiger partial charge in [-0.15, -0.1) is 0 Å². The Balaban J connectivity index is 2.50. The summed E-state index contributed by atoms with van der Waals surface area (Å²) in [6.07, 6.45) is 1.80. The summed E-state index contributed by atoms with van der Waals surface area (Å²) < 4.78 is 5.42. The van der Waals surface area contributed by atoms with Gasteiger partial charge in [-0.1, -0.05) is 12.1 Å². The lowest BCUT2D eigenvalue weighted by atomic mass is 10.1. The Morgan fingerprint density at radius 2 is 2.17 bits per heavy atom. The molecule has 1 aromatic rings. The van der Waals surface area contributed by atoms with Crippen molar-refractivity contribution in [2.45, 2.75) is 32.7 Å². The molecule has 100 valence electrons. The first kappa shape index (κ1) is 14.5. The highest BCUT2D eigenvalue weighted by Gasteiger charge is 2.10. The van der Waals surface area contributed by atoms with E-state index in [1.54, 1.807) is 12.1 Å². The topological polar surface area (TPSA) is 64.3 Å². The minimum Gasteiger partial charge on any atom is -0.493 e. The van der Waals surface area contributed by atoms with Gasteiger partial charge in [0.2, 0.25) is 0 Å². The molecule has 3 N–H and O–H groups in total. The monoisotopic (exact) mass is 250 g/mol. The van der Waals surface area contributed by atoms with Crippen LogP contribution in [-0.2, 0) is 0 Å². The Hall–Kier alpha value is -1.55. The zero-order valence-corrected chi connectivity index (χ0v) is 11.1. The molecule has 1 amide bonds. The first-order valence-electron chi connectivity index (χ1n) is 6.40. The van der Waals surface area contributed by atoms with Gasteiger partial charge in [-0.2, -0.15) is 0 Å². The van der Waals surface area contributed by atoms with E-state index in [-0.39, 0.29) is 11.9 Å². The highest BCUT2D eigenvalue weighted by Crippen LogP contribution is 2.17. The Bertz CT molecular complexity index is 378. The summed E-state index contributed by atoms with van der Waals surface area (Å²) in [5.74, 6) is 0.536. The lowest BCUT2D eigenvalue weighted by molar-refractivity contribution is 0.0949. The van der Waals surface area contributed by atoms with Crippen LogP contribution in [0.5, 0.6) is 5.75 Å². The van der Waals surface area contributed by atoms with E-state index in [2.05, 4.69) is 5.32 Å². The van der Waals surface area contributed by atoms with E-state index in [1.807, 2.05) is 26.0 Å². The van der Waals surface area contributed by atoms with Crippen molar-refractivity contribution in [3.63, 3.8) is 0 Å². The van der Waals surface area contributed by atoms with E-state index in [0.29, 0.717) is 24.5 Å². The molecule has 1 rings (SSSR count). The Labute approximate surface area is 109 Å². The predicted octanol–water partition coefficient (Wildman–Crippen LogP) is 1.94. The predicted molar refractivity (Wildman–Crippen MR) is 72.8 cm³/mol. The standard InChI is InChI=1S/C14H22N2O2/c1-3-18-13-9-5-4-8-12(13)14(17)16-10-6-7-11(2)15/h4-5,8-9,11H,3,6-7,10,15H2,1-2H3,(H,16,17). The van der Waals surface area contributed by atoms with Crippen LogP contribution in [0.1, 0.15) is 37.0 Å². The van der Waals surface area contributed by atoms with Crippen molar-refractivity contribution < 1.29 is 9.53 Å². The second-order valence-electron chi connectivity index (χ2n) is 4.30. The molecule has 18 heavy (non-hydrogen) atoms. The SMILES string of the molecule is CCOc1ccccc1C(=O)NCCCC(C)N. The fraction of sp³-hybridized carbons (Fsp3) is 0.500. The summed E-state index contributed by atoms with van der Waals surface area (Å²) in [5.41, 5.74) is 6.23. The van der Waals surface area contributed by atoms with Crippen LogP contribution in [0.25, 0.3) is 0 Å². The van der Waals surface area contributed by atoms with Crippen LogP contribution >= 0.6 is 0 Å². The van der Waals surface area contributed by atoms with Crippen LogP contribution < -0.4 is 15.8 Å². The number of para-hydroxylation sites is 1. The number of benzene rings is 1. The largest absolute Gasteiger partial charge is 0.493 e. The number of hydrogen-bond donors (Lipinski definition) is 2. The quantitative estimate of drug-likeness (QED) is 0.727. The second-order valence-corrected chi connectivity index (χ2v) is 4.30. The highest BCUT2D eigenvalue weighted by atomic mass is 16.5. The van der Waals surface area contributed by atoms with Crippen molar-refractivity contribution >= 4 is 5.91 Å². The molecule has 1 unspecified atom stereocenters. The molecule has 0 bridgehead atoms. The molecule has 0 saturated heterocycles. The zero-order chi connectivity index (χ0) is 13.4. The lowest BCUT2D eigenvalue weighted by Crippen LogP contribution is -2.26. The highest BCUT2D eigenvalue weighted by molar-refractivity contribution is 5.96. The van der Waals surface area contributed by atoms with Gasteiger partial charge >= 0.3 is 0 Å². The molecule has 1 aromatic carbocycles. The molecule has 0 radical (unpaired) electrons. The van der Waals surface area contributed by atoms with E-state index < -0.39 is 0 Å². The van der Waals surface area contributed by atoms with Gasteiger partial charge in [0.1, 0.15) is 5.75 Å². The molecule has 0 fully saturated rings. The third kappa shape index (κ3) is 4.75. The molecule has 0 aliphatic rings. The van der Waals surface area contributed by atoms with Crippen LogP contribution in [-0.4, -0.2) is 25.1 Å². The van der Waals surface area contributed by atoms with Crippen LogP contribution in [0.3, 0.4) is 0 Å². The Morgan fingerprint density at radius 3 is 2.83 bits per heavy atom. The van der Waals surface area contributed by atoms with Crippen molar-refractivity contribution in [1.82, 2.24) is 5.32 Å². The smallest absolute Gasteiger partial charge is 0.255 e.